The lowest BCUT2D eigenvalue weighted by Gasteiger charge is -2.42. The number of aromatic nitrogens is 2. The molecule has 0 radical (unpaired) electrons. The van der Waals surface area contributed by atoms with E-state index in [1.165, 1.54) is 76.2 Å². The lowest BCUT2D eigenvalue weighted by molar-refractivity contribution is 0.0598. The van der Waals surface area contributed by atoms with Crippen LogP contribution in [0.5, 0.6) is 0 Å². The van der Waals surface area contributed by atoms with Gasteiger partial charge in [0.1, 0.15) is 0 Å². The highest BCUT2D eigenvalue weighted by atomic mass is 15.3. The molecule has 4 rings (SSSR count). The van der Waals surface area contributed by atoms with Crippen molar-refractivity contribution in [3.8, 4) is 0 Å². The molecule has 2 saturated heterocycles. The number of nitrogens with zero attached hydrogens (tertiary/aromatic N) is 5. The van der Waals surface area contributed by atoms with Gasteiger partial charge in [0.2, 0.25) is 0 Å². The Kier molecular flexibility index (Phi) is 5.16. The van der Waals surface area contributed by atoms with E-state index in [9.17, 15) is 0 Å². The van der Waals surface area contributed by atoms with Gasteiger partial charge in [0.05, 0.1) is 6.20 Å². The first-order chi connectivity index (χ1) is 12.1. The van der Waals surface area contributed by atoms with Gasteiger partial charge < -0.3 is 4.90 Å². The van der Waals surface area contributed by atoms with Gasteiger partial charge in [-0.3, -0.25) is 14.5 Å². The molecule has 3 fully saturated rings. The Labute approximate surface area is 153 Å². The quantitative estimate of drug-likeness (QED) is 0.817. The van der Waals surface area contributed by atoms with E-state index in [1.54, 1.807) is 0 Å². The van der Waals surface area contributed by atoms with Gasteiger partial charge in [0.25, 0.3) is 0 Å². The molecule has 1 atom stereocenters. The van der Waals surface area contributed by atoms with E-state index in [0.29, 0.717) is 0 Å². The zero-order chi connectivity index (χ0) is 17.4. The van der Waals surface area contributed by atoms with Crippen molar-refractivity contribution in [1.82, 2.24) is 24.5 Å². The van der Waals surface area contributed by atoms with Gasteiger partial charge in [0, 0.05) is 63.0 Å². The summed E-state index contributed by atoms with van der Waals surface area (Å²) in [6.07, 6.45) is 7.54. The average molecular weight is 346 g/mol. The molecule has 140 valence electrons. The standard InChI is InChI=1S/C20H35N5/c1-16(25-12-10-22(2)11-13-25)17-6-8-24(9-7-17)15-19-14-21-23(3)20(19)18-4-5-18/h14,16-18H,4-13,15H2,1-3H3/t16-/m1/s1. The second kappa shape index (κ2) is 7.37. The molecule has 3 heterocycles. The summed E-state index contributed by atoms with van der Waals surface area (Å²) in [6, 6.07) is 0.747. The molecular weight excluding hydrogens is 310 g/mol. The molecule has 1 aliphatic carbocycles. The van der Waals surface area contributed by atoms with E-state index in [2.05, 4.69) is 51.7 Å². The fourth-order valence-electron chi connectivity index (χ4n) is 4.86. The lowest BCUT2D eigenvalue weighted by atomic mass is 9.89. The first-order valence-electron chi connectivity index (χ1n) is 10.3. The van der Waals surface area contributed by atoms with Gasteiger partial charge in [-0.2, -0.15) is 5.10 Å². The highest BCUT2D eigenvalue weighted by Gasteiger charge is 2.32. The minimum absolute atomic E-state index is 0.747. The topological polar surface area (TPSA) is 27.5 Å². The van der Waals surface area contributed by atoms with E-state index < -0.39 is 0 Å². The Morgan fingerprint density at radius 3 is 2.32 bits per heavy atom. The highest BCUT2D eigenvalue weighted by molar-refractivity contribution is 5.25. The molecule has 5 heteroatoms. The first kappa shape index (κ1) is 17.5. The minimum atomic E-state index is 0.747. The molecule has 0 spiro atoms. The summed E-state index contributed by atoms with van der Waals surface area (Å²) < 4.78 is 2.12. The van der Waals surface area contributed by atoms with Crippen LogP contribution in [0.4, 0.5) is 0 Å². The van der Waals surface area contributed by atoms with Crippen molar-refractivity contribution in [3.63, 3.8) is 0 Å². The van der Waals surface area contributed by atoms with Crippen molar-refractivity contribution in [2.75, 3.05) is 46.3 Å². The number of likely N-dealkylation sites (tertiary alicyclic amines) is 1. The maximum atomic E-state index is 4.53. The lowest BCUT2D eigenvalue weighted by Crippen LogP contribution is -2.51. The van der Waals surface area contributed by atoms with Gasteiger partial charge in [0.15, 0.2) is 0 Å². The minimum Gasteiger partial charge on any atom is -0.304 e. The fraction of sp³-hybridized carbons (Fsp3) is 0.850. The molecular formula is C20H35N5. The summed E-state index contributed by atoms with van der Waals surface area (Å²) in [5, 5.41) is 4.53. The molecule has 5 nitrogen and oxygen atoms in total. The highest BCUT2D eigenvalue weighted by Crippen LogP contribution is 2.41. The van der Waals surface area contributed by atoms with Crippen LogP contribution in [0.25, 0.3) is 0 Å². The zero-order valence-corrected chi connectivity index (χ0v) is 16.3. The molecule has 1 aromatic rings. The van der Waals surface area contributed by atoms with Crippen LogP contribution in [0.1, 0.15) is 49.8 Å². The van der Waals surface area contributed by atoms with Crippen LogP contribution in [-0.4, -0.2) is 76.8 Å². The van der Waals surface area contributed by atoms with Crippen LogP contribution < -0.4 is 0 Å². The van der Waals surface area contributed by atoms with E-state index in [1.807, 2.05) is 0 Å². The maximum absolute atomic E-state index is 4.53. The van der Waals surface area contributed by atoms with Crippen LogP contribution in [0.15, 0.2) is 6.20 Å². The summed E-state index contributed by atoms with van der Waals surface area (Å²) in [6.45, 7) is 11.0. The van der Waals surface area contributed by atoms with E-state index in [0.717, 1.165) is 24.4 Å². The first-order valence-corrected chi connectivity index (χ1v) is 10.3. The third-order valence-electron chi connectivity index (χ3n) is 6.85. The summed E-state index contributed by atoms with van der Waals surface area (Å²) in [7, 11) is 4.36. The maximum Gasteiger partial charge on any atom is 0.0537 e. The smallest absolute Gasteiger partial charge is 0.0537 e. The van der Waals surface area contributed by atoms with Crippen LogP contribution in [0, 0.1) is 5.92 Å². The Balaban J connectivity index is 1.28. The van der Waals surface area contributed by atoms with Crippen LogP contribution >= 0.6 is 0 Å². The zero-order valence-electron chi connectivity index (χ0n) is 16.3. The third kappa shape index (κ3) is 3.93. The molecule has 1 saturated carbocycles. The van der Waals surface area contributed by atoms with Crippen molar-refractivity contribution in [1.29, 1.82) is 0 Å². The van der Waals surface area contributed by atoms with Crippen molar-refractivity contribution in [3.05, 3.63) is 17.5 Å². The molecule has 0 N–H and O–H groups in total. The van der Waals surface area contributed by atoms with Crippen LogP contribution in [0.2, 0.25) is 0 Å². The van der Waals surface area contributed by atoms with Gasteiger partial charge >= 0.3 is 0 Å². The van der Waals surface area contributed by atoms with Gasteiger partial charge in [-0.1, -0.05) is 0 Å². The summed E-state index contributed by atoms with van der Waals surface area (Å²) >= 11 is 0. The molecule has 0 aromatic carbocycles. The summed E-state index contributed by atoms with van der Waals surface area (Å²) in [5.74, 6) is 1.66. The molecule has 1 aromatic heterocycles. The predicted octanol–water partition coefficient (Wildman–Crippen LogP) is 2.15. The number of piperidine rings is 1. The predicted molar refractivity (Wildman–Crippen MR) is 102 cm³/mol. The molecule has 0 amide bonds. The number of hydrogen-bond acceptors (Lipinski definition) is 4. The number of aryl methyl sites for hydroxylation is 1. The molecule has 0 bridgehead atoms. The Hall–Kier alpha value is -0.910. The van der Waals surface area contributed by atoms with Gasteiger partial charge in [-0.05, 0) is 58.7 Å². The molecule has 0 unspecified atom stereocenters. The van der Waals surface area contributed by atoms with E-state index in [-0.39, 0.29) is 0 Å². The van der Waals surface area contributed by atoms with Gasteiger partial charge in [-0.15, -0.1) is 0 Å². The largest absolute Gasteiger partial charge is 0.304 e. The van der Waals surface area contributed by atoms with Gasteiger partial charge in [-0.25, -0.2) is 0 Å². The number of piperazine rings is 1. The number of likely N-dealkylation sites (N-methyl/N-ethyl adjacent to an activating group) is 1. The Morgan fingerprint density at radius 1 is 1.00 bits per heavy atom. The van der Waals surface area contributed by atoms with E-state index in [4.69, 9.17) is 0 Å². The fourth-order valence-corrected chi connectivity index (χ4v) is 4.86. The molecule has 2 aliphatic heterocycles. The van der Waals surface area contributed by atoms with Crippen LogP contribution in [0.3, 0.4) is 0 Å². The molecule has 3 aliphatic rings. The van der Waals surface area contributed by atoms with Crippen molar-refractivity contribution in [2.24, 2.45) is 13.0 Å². The van der Waals surface area contributed by atoms with E-state index >= 15 is 0 Å². The average Bonchev–Trinajstić information content (AvgIpc) is 3.39. The monoisotopic (exact) mass is 345 g/mol. The Bertz CT molecular complexity index is 563. The normalized spacial score (nSPS) is 26.2. The summed E-state index contributed by atoms with van der Waals surface area (Å²) in [5.41, 5.74) is 2.99. The number of rotatable bonds is 5. The SMILES string of the molecule is C[C@H](C1CCN(Cc2cnn(C)c2C2CC2)CC1)N1CCN(C)CC1. The second-order valence-electron chi connectivity index (χ2n) is 8.65. The van der Waals surface area contributed by atoms with Crippen LogP contribution in [-0.2, 0) is 13.6 Å². The number of hydrogen-bond donors (Lipinski definition) is 0. The van der Waals surface area contributed by atoms with Crippen molar-refractivity contribution in [2.45, 2.75) is 51.1 Å². The molecule has 25 heavy (non-hydrogen) atoms. The summed E-state index contributed by atoms with van der Waals surface area (Å²) in [4.78, 5) is 7.85. The van der Waals surface area contributed by atoms with Crippen molar-refractivity contribution >= 4 is 0 Å². The third-order valence-corrected chi connectivity index (χ3v) is 6.85. The van der Waals surface area contributed by atoms with Crippen molar-refractivity contribution < 1.29 is 0 Å². The second-order valence-corrected chi connectivity index (χ2v) is 8.65. The Morgan fingerprint density at radius 2 is 1.68 bits per heavy atom.